The monoisotopic (exact) mass is 415 g/mol. The van der Waals surface area contributed by atoms with Crippen molar-refractivity contribution in [2.45, 2.75) is 24.6 Å². The predicted octanol–water partition coefficient (Wildman–Crippen LogP) is 5.62. The van der Waals surface area contributed by atoms with Crippen LogP contribution in [0.2, 0.25) is 0 Å². The van der Waals surface area contributed by atoms with Crippen molar-refractivity contribution < 1.29 is 4.39 Å². The van der Waals surface area contributed by atoms with Gasteiger partial charge in [-0.05, 0) is 42.7 Å². The highest BCUT2D eigenvalue weighted by Crippen LogP contribution is 2.34. The Morgan fingerprint density at radius 2 is 1.87 bits per heavy atom. The summed E-state index contributed by atoms with van der Waals surface area (Å²) in [5.74, 6) is 0.328. The summed E-state index contributed by atoms with van der Waals surface area (Å²) in [6, 6.07) is 13.3. The zero-order valence-electron chi connectivity index (χ0n) is 16.5. The lowest BCUT2D eigenvalue weighted by Crippen LogP contribution is -1.98. The molecule has 30 heavy (non-hydrogen) atoms. The molecule has 3 aromatic heterocycles. The number of aryl methyl sites for hydroxylation is 2. The Kier molecular flexibility index (Phi) is 4.67. The minimum absolute atomic E-state index is 0.260. The van der Waals surface area contributed by atoms with E-state index in [1.807, 2.05) is 25.1 Å². The van der Waals surface area contributed by atoms with Crippen molar-refractivity contribution in [3.05, 3.63) is 77.6 Å². The van der Waals surface area contributed by atoms with E-state index in [1.165, 1.54) is 12.4 Å². The highest BCUT2D eigenvalue weighted by molar-refractivity contribution is 7.98. The molecule has 0 aliphatic carbocycles. The summed E-state index contributed by atoms with van der Waals surface area (Å²) in [7, 11) is 0. The molecule has 0 radical (unpaired) electrons. The van der Waals surface area contributed by atoms with Crippen LogP contribution in [0.3, 0.4) is 0 Å². The molecule has 0 unspecified atom stereocenters. The fraction of sp³-hybridized carbons (Fsp3) is 0.130. The maximum absolute atomic E-state index is 14.6. The zero-order valence-corrected chi connectivity index (χ0v) is 17.3. The minimum Gasteiger partial charge on any atom is -0.341 e. The third kappa shape index (κ3) is 3.21. The molecule has 3 heterocycles. The van der Waals surface area contributed by atoms with Crippen LogP contribution in [0.1, 0.15) is 16.7 Å². The lowest BCUT2D eigenvalue weighted by molar-refractivity contribution is 0.639. The third-order valence-electron chi connectivity index (χ3n) is 5.16. The second-order valence-corrected chi connectivity index (χ2v) is 8.10. The van der Waals surface area contributed by atoms with Crippen LogP contribution in [-0.2, 0) is 5.75 Å². The van der Waals surface area contributed by atoms with E-state index in [0.29, 0.717) is 22.3 Å². The molecule has 0 fully saturated rings. The summed E-state index contributed by atoms with van der Waals surface area (Å²) in [5.41, 5.74) is 7.08. The number of pyridine rings is 1. The van der Waals surface area contributed by atoms with Gasteiger partial charge in [0, 0.05) is 16.7 Å². The lowest BCUT2D eigenvalue weighted by atomic mass is 9.99. The fourth-order valence-electron chi connectivity index (χ4n) is 3.58. The van der Waals surface area contributed by atoms with Gasteiger partial charge in [-0.3, -0.25) is 0 Å². The summed E-state index contributed by atoms with van der Waals surface area (Å²) < 4.78 is 14.6. The zero-order chi connectivity index (χ0) is 20.7. The van der Waals surface area contributed by atoms with E-state index in [-0.39, 0.29) is 5.82 Å². The van der Waals surface area contributed by atoms with E-state index in [4.69, 9.17) is 4.98 Å². The first-order chi connectivity index (χ1) is 14.6. The van der Waals surface area contributed by atoms with Crippen LogP contribution in [0.4, 0.5) is 4.39 Å². The molecular weight excluding hydrogens is 397 g/mol. The van der Waals surface area contributed by atoms with Gasteiger partial charge in [-0.1, -0.05) is 42.1 Å². The molecule has 148 valence electrons. The fourth-order valence-corrected chi connectivity index (χ4v) is 4.51. The molecule has 0 aliphatic heterocycles. The number of benzene rings is 2. The number of rotatable bonds is 4. The van der Waals surface area contributed by atoms with E-state index in [1.54, 1.807) is 24.2 Å². The Balaban J connectivity index is 1.65. The van der Waals surface area contributed by atoms with Crippen molar-refractivity contribution in [1.29, 1.82) is 0 Å². The molecule has 0 aliphatic rings. The number of hydrogen-bond acceptors (Lipinski definition) is 5. The van der Waals surface area contributed by atoms with Crippen LogP contribution in [0.25, 0.3) is 33.3 Å². The molecule has 1 N–H and O–H groups in total. The summed E-state index contributed by atoms with van der Waals surface area (Å²) >= 11 is 1.56. The third-order valence-corrected chi connectivity index (χ3v) is 6.20. The Morgan fingerprint density at radius 1 is 1.00 bits per heavy atom. The molecule has 5 aromatic rings. The van der Waals surface area contributed by atoms with Gasteiger partial charge in [0.25, 0.3) is 0 Å². The standard InChI is InChI=1S/C23H18FN5S/c1-13-5-3-4-6-16(13)20-15(9-17-18(24)8-7-14(2)19(17)29-20)10-30-23-21-22(26-11-25-21)27-12-28-23/h3-9,11-12H,10H2,1-2H3,(H,25,26,27,28). The summed E-state index contributed by atoms with van der Waals surface area (Å²) in [4.78, 5) is 20.8. The van der Waals surface area contributed by atoms with Gasteiger partial charge in [0.05, 0.1) is 17.5 Å². The number of aromatic amines is 1. The van der Waals surface area contributed by atoms with Gasteiger partial charge in [0.15, 0.2) is 5.65 Å². The largest absolute Gasteiger partial charge is 0.341 e. The maximum atomic E-state index is 14.6. The molecule has 0 spiro atoms. The van der Waals surface area contributed by atoms with Crippen LogP contribution in [-0.4, -0.2) is 24.9 Å². The van der Waals surface area contributed by atoms with E-state index < -0.39 is 0 Å². The van der Waals surface area contributed by atoms with Gasteiger partial charge in [0.2, 0.25) is 0 Å². The molecule has 0 saturated carbocycles. The first-order valence-corrected chi connectivity index (χ1v) is 10.5. The number of halogens is 1. The molecular formula is C23H18FN5S. The average molecular weight is 415 g/mol. The molecule has 7 heteroatoms. The van der Waals surface area contributed by atoms with Gasteiger partial charge in [0.1, 0.15) is 22.7 Å². The Morgan fingerprint density at radius 3 is 2.73 bits per heavy atom. The Hall–Kier alpha value is -3.32. The van der Waals surface area contributed by atoms with Gasteiger partial charge in [-0.2, -0.15) is 0 Å². The van der Waals surface area contributed by atoms with Gasteiger partial charge in [-0.15, -0.1) is 0 Å². The topological polar surface area (TPSA) is 67.3 Å². The van der Waals surface area contributed by atoms with Crippen molar-refractivity contribution in [1.82, 2.24) is 24.9 Å². The molecule has 5 rings (SSSR count). The molecule has 2 aromatic carbocycles. The maximum Gasteiger partial charge on any atom is 0.181 e. The van der Waals surface area contributed by atoms with Crippen molar-refractivity contribution in [2.24, 2.45) is 0 Å². The molecule has 0 amide bonds. The SMILES string of the molecule is Cc1ccccc1-c1nc2c(C)ccc(F)c2cc1CSc1ncnc2nc[nH]c12. The first-order valence-electron chi connectivity index (χ1n) is 9.53. The number of nitrogens with zero attached hydrogens (tertiary/aromatic N) is 4. The van der Waals surface area contributed by atoms with Crippen LogP contribution in [0, 0.1) is 19.7 Å². The highest BCUT2D eigenvalue weighted by atomic mass is 32.2. The molecule has 0 bridgehead atoms. The molecule has 0 atom stereocenters. The number of thioether (sulfide) groups is 1. The Labute approximate surface area is 176 Å². The van der Waals surface area contributed by atoms with E-state index in [9.17, 15) is 4.39 Å². The van der Waals surface area contributed by atoms with Crippen LogP contribution < -0.4 is 0 Å². The summed E-state index contributed by atoms with van der Waals surface area (Å²) in [6.45, 7) is 4.02. The number of imidazole rings is 1. The molecule has 5 nitrogen and oxygen atoms in total. The van der Waals surface area contributed by atoms with Crippen molar-refractivity contribution in [3.8, 4) is 11.3 Å². The normalized spacial score (nSPS) is 11.4. The summed E-state index contributed by atoms with van der Waals surface area (Å²) in [5, 5.41) is 1.34. The molecule has 0 saturated heterocycles. The second-order valence-electron chi connectivity index (χ2n) is 7.14. The number of H-pyrrole nitrogens is 1. The van der Waals surface area contributed by atoms with E-state index >= 15 is 0 Å². The number of hydrogen-bond donors (Lipinski definition) is 1. The number of aromatic nitrogens is 5. The van der Waals surface area contributed by atoms with E-state index in [0.717, 1.165) is 38.5 Å². The van der Waals surface area contributed by atoms with Crippen LogP contribution in [0.15, 0.2) is 60.1 Å². The highest BCUT2D eigenvalue weighted by Gasteiger charge is 2.16. The van der Waals surface area contributed by atoms with Crippen molar-refractivity contribution in [3.63, 3.8) is 0 Å². The van der Waals surface area contributed by atoms with E-state index in [2.05, 4.69) is 39.0 Å². The second kappa shape index (κ2) is 7.50. The van der Waals surface area contributed by atoms with Crippen molar-refractivity contribution in [2.75, 3.05) is 0 Å². The Bertz CT molecular complexity index is 1400. The number of nitrogens with one attached hydrogen (secondary N) is 1. The first kappa shape index (κ1) is 18.7. The summed E-state index contributed by atoms with van der Waals surface area (Å²) in [6.07, 6.45) is 3.12. The quantitative estimate of drug-likeness (QED) is 0.305. The smallest absolute Gasteiger partial charge is 0.181 e. The number of fused-ring (bicyclic) bond motifs is 2. The lowest BCUT2D eigenvalue weighted by Gasteiger charge is -2.14. The van der Waals surface area contributed by atoms with Crippen LogP contribution >= 0.6 is 11.8 Å². The van der Waals surface area contributed by atoms with Gasteiger partial charge in [-0.25, -0.2) is 24.3 Å². The van der Waals surface area contributed by atoms with Gasteiger partial charge >= 0.3 is 0 Å². The minimum atomic E-state index is -0.260. The van der Waals surface area contributed by atoms with Crippen LogP contribution in [0.5, 0.6) is 0 Å². The average Bonchev–Trinajstić information content (AvgIpc) is 3.24. The predicted molar refractivity (Wildman–Crippen MR) is 118 cm³/mol. The van der Waals surface area contributed by atoms with Gasteiger partial charge < -0.3 is 4.98 Å². The van der Waals surface area contributed by atoms with Crippen molar-refractivity contribution >= 4 is 33.8 Å².